The highest BCUT2D eigenvalue weighted by Gasteiger charge is 2.41. The number of rotatable bonds is 15. The Morgan fingerprint density at radius 1 is 0.197 bits per heavy atom. The van der Waals surface area contributed by atoms with Crippen molar-refractivity contribution in [2.75, 3.05) is 29.4 Å². The van der Waals surface area contributed by atoms with Gasteiger partial charge in [0.15, 0.2) is 0 Å². The van der Waals surface area contributed by atoms with Gasteiger partial charge in [0.25, 0.3) is 0 Å². The molecule has 24 aromatic rings. The zero-order valence-electron chi connectivity index (χ0n) is 81.8. The van der Waals surface area contributed by atoms with Gasteiger partial charge in [-0.05, 0) is 268 Å². The minimum atomic E-state index is -0.280. The average molecular weight is 1910 g/mol. The molecule has 27 rings (SSSR count). The summed E-state index contributed by atoms with van der Waals surface area (Å²) in [6.45, 7) is 13.9. The van der Waals surface area contributed by atoms with Crippen LogP contribution >= 0.6 is 0 Å². The van der Waals surface area contributed by atoms with E-state index < -0.39 is 0 Å². The lowest BCUT2D eigenvalue weighted by Crippen LogP contribution is -2.30. The second kappa shape index (κ2) is 36.5. The van der Waals surface area contributed by atoms with Gasteiger partial charge in [0.05, 0.1) is 39.8 Å². The summed E-state index contributed by atoms with van der Waals surface area (Å²) in [5.41, 5.74) is 36.4. The fourth-order valence-electron chi connectivity index (χ4n) is 22.6. The molecular weight excluding hydrogens is 1810 g/mol. The summed E-state index contributed by atoms with van der Waals surface area (Å²) in [5, 5.41) is 6.44. The zero-order chi connectivity index (χ0) is 99.3. The van der Waals surface area contributed by atoms with Crippen LogP contribution in [-0.2, 0) is 16.2 Å². The van der Waals surface area contributed by atoms with E-state index in [1.54, 1.807) is 18.2 Å². The van der Waals surface area contributed by atoms with Crippen molar-refractivity contribution in [2.45, 2.75) is 57.8 Å². The van der Waals surface area contributed by atoms with Crippen LogP contribution in [0.15, 0.2) is 505 Å². The van der Waals surface area contributed by atoms with Crippen LogP contribution in [-0.4, -0.2) is 0 Å². The molecule has 12 heteroatoms. The number of hydrogen-bond acceptors (Lipinski definition) is 9. The minimum Gasteiger partial charge on any atom is -0.455 e. The van der Waals surface area contributed by atoms with Gasteiger partial charge in [-0.15, -0.1) is 0 Å². The number of benzene rings is 21. The van der Waals surface area contributed by atoms with Gasteiger partial charge in [-0.25, -0.2) is 13.2 Å². The number of hydrogen-bond donors (Lipinski definition) is 0. The summed E-state index contributed by atoms with van der Waals surface area (Å²) < 4.78 is 63.5. The Morgan fingerprint density at radius 3 is 0.769 bits per heavy atom. The van der Waals surface area contributed by atoms with E-state index in [0.717, 1.165) is 162 Å². The summed E-state index contributed by atoms with van der Waals surface area (Å²) in [5.74, 6) is -0.815. The maximum Gasteiger partial charge on any atom is 0.147 e. The van der Waals surface area contributed by atoms with Gasteiger partial charge in [-0.2, -0.15) is 0 Å². The first-order valence-electron chi connectivity index (χ1n) is 49.9. The lowest BCUT2D eigenvalue weighted by molar-refractivity contribution is 0.627. The molecule has 0 saturated heterocycles. The van der Waals surface area contributed by atoms with E-state index in [4.69, 9.17) is 13.3 Å². The Morgan fingerprint density at radius 2 is 0.449 bits per heavy atom. The summed E-state index contributed by atoms with van der Waals surface area (Å²) in [7, 11) is 0. The van der Waals surface area contributed by atoms with Crippen molar-refractivity contribution < 1.29 is 26.4 Å². The third-order valence-electron chi connectivity index (χ3n) is 29.7. The SMILES string of the molecule is CC1(C)c2ccccc2N(c2cc(-c3ccc(N(c4ccccc4)c4ccc(F)cc4)cc3)c3oc4ccccc4c3c2)c2ccccc21.CC1(C)c2ccccc2N(c2cc(-c3ccc(N(c4ccccc4)c4cccc(F)c4)cc3)c3oc4ccccc4c3c2)c2ccccc21.CC1(C)c2ccccc2N(c2cc(-c3ccc(N(c4ccccc4)c4ccccc4F)cc3)c3oc4ccccc4c3c2)c2ccccc21. The van der Waals surface area contributed by atoms with Crippen LogP contribution in [0.25, 0.3) is 99.2 Å². The monoisotopic (exact) mass is 1910 g/mol. The van der Waals surface area contributed by atoms with Crippen LogP contribution in [0.5, 0.6) is 0 Å². The summed E-state index contributed by atoms with van der Waals surface area (Å²) in [6.07, 6.45) is 0. The van der Waals surface area contributed by atoms with Gasteiger partial charge in [-0.3, -0.25) is 0 Å². The largest absolute Gasteiger partial charge is 0.455 e. The van der Waals surface area contributed by atoms with Crippen molar-refractivity contribution in [3.8, 4) is 33.4 Å². The highest BCUT2D eigenvalue weighted by atomic mass is 19.1. The third-order valence-corrected chi connectivity index (χ3v) is 29.7. The number of fused-ring (bicyclic) bond motifs is 15. The molecule has 3 aliphatic rings. The smallest absolute Gasteiger partial charge is 0.147 e. The maximum atomic E-state index is 15.3. The highest BCUT2D eigenvalue weighted by molar-refractivity contribution is 6.15. The molecule has 3 aromatic heterocycles. The van der Waals surface area contributed by atoms with Crippen molar-refractivity contribution >= 4 is 168 Å². The molecule has 0 aliphatic carbocycles. The van der Waals surface area contributed by atoms with E-state index in [1.807, 2.05) is 150 Å². The molecule has 0 bridgehead atoms. The van der Waals surface area contributed by atoms with Gasteiger partial charge >= 0.3 is 0 Å². The minimum absolute atomic E-state index is 0.149. The van der Waals surface area contributed by atoms with Gasteiger partial charge in [0.2, 0.25) is 0 Å². The molecule has 0 amide bonds. The van der Waals surface area contributed by atoms with Crippen molar-refractivity contribution in [3.05, 3.63) is 542 Å². The van der Waals surface area contributed by atoms with Crippen LogP contribution in [0.1, 0.15) is 74.9 Å². The Kier molecular flexibility index (Phi) is 22.4. The number of nitrogens with zero attached hydrogens (tertiary/aromatic N) is 6. The van der Waals surface area contributed by atoms with E-state index in [2.05, 4.69) is 369 Å². The predicted molar refractivity (Wildman–Crippen MR) is 602 cm³/mol. The first kappa shape index (κ1) is 89.9. The lowest BCUT2D eigenvalue weighted by atomic mass is 9.73. The van der Waals surface area contributed by atoms with Crippen molar-refractivity contribution in [1.82, 2.24) is 0 Å². The maximum absolute atomic E-state index is 15.3. The Balaban J connectivity index is 0.000000115. The second-order valence-corrected chi connectivity index (χ2v) is 39.5. The molecule has 0 unspecified atom stereocenters. The van der Waals surface area contributed by atoms with Gasteiger partial charge in [0, 0.05) is 128 Å². The molecule has 147 heavy (non-hydrogen) atoms. The van der Waals surface area contributed by atoms with Gasteiger partial charge in [0.1, 0.15) is 50.9 Å². The molecule has 0 saturated carbocycles. The second-order valence-electron chi connectivity index (χ2n) is 39.5. The van der Waals surface area contributed by atoms with E-state index in [-0.39, 0.29) is 33.7 Å². The van der Waals surface area contributed by atoms with Crippen molar-refractivity contribution in [3.63, 3.8) is 0 Å². The molecule has 0 spiro atoms. The topological polar surface area (TPSA) is 58.9 Å². The fourth-order valence-corrected chi connectivity index (χ4v) is 22.6. The van der Waals surface area contributed by atoms with Crippen molar-refractivity contribution in [1.29, 1.82) is 0 Å². The number of anilines is 18. The third kappa shape index (κ3) is 15.7. The lowest BCUT2D eigenvalue weighted by Gasteiger charge is -2.42. The number of para-hydroxylation sites is 13. The first-order chi connectivity index (χ1) is 71.9. The molecule has 708 valence electrons. The summed E-state index contributed by atoms with van der Waals surface area (Å²) in [6, 6.07) is 166. The Hall–Kier alpha value is -18.4. The molecule has 6 heterocycles. The molecule has 3 aliphatic heterocycles. The quantitative estimate of drug-likeness (QED) is 0.0999. The van der Waals surface area contributed by atoms with E-state index in [1.165, 1.54) is 91.8 Å². The average Bonchev–Trinajstić information content (AvgIpc) is 1.68. The molecule has 0 radical (unpaired) electrons. The highest BCUT2D eigenvalue weighted by Crippen LogP contribution is 2.59. The number of furan rings is 3. The van der Waals surface area contributed by atoms with Crippen LogP contribution in [0.3, 0.4) is 0 Å². The first-order valence-corrected chi connectivity index (χ1v) is 49.9. The Labute approximate surface area is 851 Å². The van der Waals surface area contributed by atoms with Crippen LogP contribution < -0.4 is 29.4 Å². The summed E-state index contributed by atoms with van der Waals surface area (Å²) >= 11 is 0. The standard InChI is InChI=1S/3C45H33FN2O/c1-45(2)37-17-7-10-20-40(37)48(41-21-11-8-18-38(41)45)33-28-35(44-36(29-33)34-16-6-13-23-43(34)49-44)30-24-26-32(27-25-30)47(31-14-4-3-5-15-31)42-22-12-9-19-39(42)46;1-45(2)39-18-7-9-20-41(39)48(42-21-10-8-19-40(42)45)35-28-37(44-38(29-35)36-17-6-11-22-43(36)49-44)30-23-25-33(26-24-30)47(32-14-4-3-5-15-32)34-16-12-13-31(46)27-34;1-45(2)39-15-7-9-17-41(39)48(42-18-10-8-16-40(42)45)35-28-37(44-38(29-35)36-14-6-11-19-43(36)49-44)30-20-24-33(25-21-30)47(32-12-4-3-5-13-32)34-26-22-31(46)23-27-34/h3*3-29H,1-2H3. The van der Waals surface area contributed by atoms with E-state index in [0.29, 0.717) is 5.69 Å². The van der Waals surface area contributed by atoms with Crippen LogP contribution in [0.4, 0.5) is 116 Å². The van der Waals surface area contributed by atoms with Gasteiger partial charge < -0.3 is 42.7 Å². The molecule has 9 nitrogen and oxygen atoms in total. The number of halogens is 3. The molecular formula is C135H99F3N6O3. The van der Waals surface area contributed by atoms with E-state index >= 15 is 4.39 Å². The van der Waals surface area contributed by atoms with Crippen LogP contribution in [0.2, 0.25) is 0 Å². The molecule has 21 aromatic carbocycles. The van der Waals surface area contributed by atoms with Gasteiger partial charge in [-0.1, -0.05) is 315 Å². The molecule has 0 atom stereocenters. The fraction of sp³-hybridized carbons (Fsp3) is 0.0667. The van der Waals surface area contributed by atoms with Crippen molar-refractivity contribution in [2.24, 2.45) is 0 Å². The molecule has 0 N–H and O–H groups in total. The zero-order valence-corrected chi connectivity index (χ0v) is 81.8. The predicted octanol–water partition coefficient (Wildman–Crippen LogP) is 38.9. The van der Waals surface area contributed by atoms with E-state index in [9.17, 15) is 8.78 Å². The summed E-state index contributed by atoms with van der Waals surface area (Å²) in [4.78, 5) is 13.4. The van der Waals surface area contributed by atoms with Crippen LogP contribution in [0, 0.1) is 17.5 Å². The normalized spacial score (nSPS) is 13.3. The Bertz CT molecular complexity index is 9010. The molecule has 0 fully saturated rings.